The molecule has 1 fully saturated rings. The molecule has 0 aliphatic carbocycles. The zero-order valence-corrected chi connectivity index (χ0v) is 14.0. The number of morpholine rings is 1. The fourth-order valence-electron chi connectivity index (χ4n) is 2.41. The van der Waals surface area contributed by atoms with Gasteiger partial charge in [0.1, 0.15) is 23.1 Å². The first-order valence-electron chi connectivity index (χ1n) is 8.09. The van der Waals surface area contributed by atoms with Gasteiger partial charge in [0, 0.05) is 25.8 Å². The van der Waals surface area contributed by atoms with Gasteiger partial charge in [0.05, 0.1) is 24.6 Å². The van der Waals surface area contributed by atoms with Gasteiger partial charge in [-0.25, -0.2) is 9.97 Å². The molecule has 3 heterocycles. The van der Waals surface area contributed by atoms with Crippen LogP contribution in [0.15, 0.2) is 24.5 Å². The number of alkyl halides is 3. The molecule has 1 saturated heterocycles. The second-order valence-corrected chi connectivity index (χ2v) is 5.70. The first kappa shape index (κ1) is 18.8. The largest absolute Gasteiger partial charge is 0.421 e. The molecule has 8 nitrogen and oxygen atoms in total. The minimum absolute atomic E-state index is 0.0281. The highest BCUT2D eigenvalue weighted by atomic mass is 19.4. The predicted octanol–water partition coefficient (Wildman–Crippen LogP) is 1.91. The fourth-order valence-corrected chi connectivity index (χ4v) is 2.41. The molecule has 142 valence electrons. The summed E-state index contributed by atoms with van der Waals surface area (Å²) in [4.78, 5) is 11.5. The first-order chi connectivity index (χ1) is 13.0. The Bertz CT molecular complexity index is 814. The van der Waals surface area contributed by atoms with Gasteiger partial charge in [-0.15, -0.1) is 0 Å². The van der Waals surface area contributed by atoms with Gasteiger partial charge in [0.15, 0.2) is 0 Å². The van der Waals surface area contributed by atoms with Crippen LogP contribution in [0.5, 0.6) is 0 Å². The van der Waals surface area contributed by atoms with Crippen LogP contribution in [-0.4, -0.2) is 47.3 Å². The maximum atomic E-state index is 13.2. The first-order valence-corrected chi connectivity index (χ1v) is 8.09. The molecule has 0 spiro atoms. The smallest absolute Gasteiger partial charge is 0.374 e. The zero-order chi connectivity index (χ0) is 19.3. The van der Waals surface area contributed by atoms with Crippen LogP contribution in [0.3, 0.4) is 0 Å². The topological polar surface area (TPSA) is 108 Å². The lowest BCUT2D eigenvalue weighted by molar-refractivity contribution is -0.137. The Hall–Kier alpha value is -2.97. The van der Waals surface area contributed by atoms with Gasteiger partial charge in [-0.2, -0.15) is 23.4 Å². The van der Waals surface area contributed by atoms with E-state index in [-0.39, 0.29) is 30.1 Å². The number of anilines is 3. The second kappa shape index (κ2) is 8.15. The van der Waals surface area contributed by atoms with E-state index in [1.807, 2.05) is 6.07 Å². The average molecular weight is 379 g/mol. The Kier molecular flexibility index (Phi) is 5.68. The summed E-state index contributed by atoms with van der Waals surface area (Å²) >= 11 is 0. The van der Waals surface area contributed by atoms with Crippen molar-refractivity contribution in [1.29, 1.82) is 5.26 Å². The summed E-state index contributed by atoms with van der Waals surface area (Å²) in [5.41, 5.74) is -0.299. The van der Waals surface area contributed by atoms with Crippen LogP contribution in [0.1, 0.15) is 11.3 Å². The maximum Gasteiger partial charge on any atom is 0.421 e. The molecule has 27 heavy (non-hydrogen) atoms. The van der Waals surface area contributed by atoms with Crippen molar-refractivity contribution in [3.05, 3.63) is 35.8 Å². The second-order valence-electron chi connectivity index (χ2n) is 5.70. The third-order valence-corrected chi connectivity index (χ3v) is 3.73. The van der Waals surface area contributed by atoms with Gasteiger partial charge in [-0.1, -0.05) is 0 Å². The number of rotatable bonds is 5. The summed E-state index contributed by atoms with van der Waals surface area (Å²) in [6, 6.07) is 4.90. The van der Waals surface area contributed by atoms with E-state index in [0.717, 1.165) is 0 Å². The lowest BCUT2D eigenvalue weighted by Gasteiger charge is -2.24. The standard InChI is InChI=1S/C16H16F3N7O/c17-16(18,19)13-9-24-15(25-11-2-1-10(5-20)22-6-11)26-14(13)23-8-12-7-21-3-4-27-12/h1-2,6,9,12,21H,3-4,7-8H2,(H2,23,24,25,26)/t12-/m1/s1. The van der Waals surface area contributed by atoms with Crippen LogP contribution in [0, 0.1) is 11.3 Å². The maximum absolute atomic E-state index is 13.2. The van der Waals surface area contributed by atoms with E-state index in [1.54, 1.807) is 6.07 Å². The van der Waals surface area contributed by atoms with Crippen LogP contribution in [-0.2, 0) is 10.9 Å². The van der Waals surface area contributed by atoms with Crippen LogP contribution in [0.4, 0.5) is 30.6 Å². The minimum Gasteiger partial charge on any atom is -0.374 e. The molecule has 2 aromatic heterocycles. The summed E-state index contributed by atoms with van der Waals surface area (Å²) in [6.07, 6.45) is -2.76. The number of pyridine rings is 1. The van der Waals surface area contributed by atoms with Crippen LogP contribution in [0.2, 0.25) is 0 Å². The molecule has 1 aliphatic rings. The number of nitrogens with zero attached hydrogens (tertiary/aromatic N) is 4. The summed E-state index contributed by atoms with van der Waals surface area (Å²) < 4.78 is 45.2. The van der Waals surface area contributed by atoms with Crippen LogP contribution >= 0.6 is 0 Å². The van der Waals surface area contributed by atoms with Crippen molar-refractivity contribution < 1.29 is 17.9 Å². The Balaban J connectivity index is 1.77. The third kappa shape index (κ3) is 5.02. The third-order valence-electron chi connectivity index (χ3n) is 3.73. The van der Waals surface area contributed by atoms with Gasteiger partial charge in [-0.3, -0.25) is 0 Å². The number of hydrogen-bond acceptors (Lipinski definition) is 8. The average Bonchev–Trinajstić information content (AvgIpc) is 2.67. The monoisotopic (exact) mass is 379 g/mol. The van der Waals surface area contributed by atoms with E-state index in [2.05, 4.69) is 30.9 Å². The van der Waals surface area contributed by atoms with Gasteiger partial charge in [0.2, 0.25) is 5.95 Å². The van der Waals surface area contributed by atoms with E-state index < -0.39 is 11.7 Å². The molecule has 0 saturated carbocycles. The van der Waals surface area contributed by atoms with E-state index >= 15 is 0 Å². The normalized spacial score (nSPS) is 17.2. The molecule has 0 amide bonds. The molecule has 0 unspecified atom stereocenters. The molecular weight excluding hydrogens is 363 g/mol. The number of hydrogen-bond donors (Lipinski definition) is 3. The van der Waals surface area contributed by atoms with Crippen molar-refractivity contribution >= 4 is 17.5 Å². The molecule has 11 heteroatoms. The molecular formula is C16H16F3N7O. The number of aromatic nitrogens is 3. The zero-order valence-electron chi connectivity index (χ0n) is 14.0. The molecule has 1 atom stereocenters. The SMILES string of the molecule is N#Cc1ccc(Nc2ncc(C(F)(F)F)c(NC[C@H]3CNCCO3)n2)cn1. The molecule has 0 bridgehead atoms. The summed E-state index contributed by atoms with van der Waals surface area (Å²) in [5.74, 6) is -0.365. The van der Waals surface area contributed by atoms with E-state index in [4.69, 9.17) is 10.00 Å². The Morgan fingerprint density at radius 1 is 1.30 bits per heavy atom. The number of nitriles is 1. The molecule has 3 rings (SSSR count). The fraction of sp³-hybridized carbons (Fsp3) is 0.375. The lowest BCUT2D eigenvalue weighted by Crippen LogP contribution is -2.42. The number of nitrogens with one attached hydrogen (secondary N) is 3. The van der Waals surface area contributed by atoms with Crippen molar-refractivity contribution in [3.63, 3.8) is 0 Å². The number of ether oxygens (including phenoxy) is 1. The van der Waals surface area contributed by atoms with Crippen molar-refractivity contribution in [2.45, 2.75) is 12.3 Å². The van der Waals surface area contributed by atoms with Crippen molar-refractivity contribution in [3.8, 4) is 6.07 Å². The number of halogens is 3. The summed E-state index contributed by atoms with van der Waals surface area (Å²) in [5, 5.41) is 17.3. The highest BCUT2D eigenvalue weighted by Gasteiger charge is 2.35. The van der Waals surface area contributed by atoms with Crippen LogP contribution < -0.4 is 16.0 Å². The lowest BCUT2D eigenvalue weighted by atomic mass is 10.2. The van der Waals surface area contributed by atoms with Gasteiger partial charge >= 0.3 is 6.18 Å². The molecule has 0 aromatic carbocycles. The van der Waals surface area contributed by atoms with Gasteiger partial charge in [-0.05, 0) is 12.1 Å². The Morgan fingerprint density at radius 3 is 2.78 bits per heavy atom. The highest BCUT2D eigenvalue weighted by molar-refractivity contribution is 5.56. The van der Waals surface area contributed by atoms with E-state index in [1.165, 1.54) is 12.3 Å². The van der Waals surface area contributed by atoms with Gasteiger partial charge in [0.25, 0.3) is 0 Å². The molecule has 2 aromatic rings. The highest BCUT2D eigenvalue weighted by Crippen LogP contribution is 2.34. The predicted molar refractivity (Wildman–Crippen MR) is 90.4 cm³/mol. The van der Waals surface area contributed by atoms with E-state index in [0.29, 0.717) is 31.6 Å². The molecule has 1 aliphatic heterocycles. The van der Waals surface area contributed by atoms with Crippen LogP contribution in [0.25, 0.3) is 0 Å². The minimum atomic E-state index is -4.59. The quantitative estimate of drug-likeness (QED) is 0.723. The molecule has 0 radical (unpaired) electrons. The molecule has 3 N–H and O–H groups in total. The van der Waals surface area contributed by atoms with Gasteiger partial charge < -0.3 is 20.7 Å². The summed E-state index contributed by atoms with van der Waals surface area (Å²) in [7, 11) is 0. The Morgan fingerprint density at radius 2 is 2.15 bits per heavy atom. The van der Waals surface area contributed by atoms with Crippen molar-refractivity contribution in [1.82, 2.24) is 20.3 Å². The summed E-state index contributed by atoms with van der Waals surface area (Å²) in [6.45, 7) is 1.93. The van der Waals surface area contributed by atoms with E-state index in [9.17, 15) is 13.2 Å². The Labute approximate surface area is 152 Å². The van der Waals surface area contributed by atoms with Crippen molar-refractivity contribution in [2.75, 3.05) is 36.9 Å². The van der Waals surface area contributed by atoms with Crippen molar-refractivity contribution in [2.24, 2.45) is 0 Å².